The van der Waals surface area contributed by atoms with Crippen molar-refractivity contribution in [3.63, 3.8) is 0 Å². The van der Waals surface area contributed by atoms with Gasteiger partial charge in [0.05, 0.1) is 6.10 Å². The molecule has 0 radical (unpaired) electrons. The Morgan fingerprint density at radius 1 is 1.50 bits per heavy atom. The van der Waals surface area contributed by atoms with Gasteiger partial charge in [0.25, 0.3) is 0 Å². The van der Waals surface area contributed by atoms with Crippen LogP contribution in [0, 0.1) is 17.3 Å². The van der Waals surface area contributed by atoms with Crippen molar-refractivity contribution in [2.75, 3.05) is 19.6 Å². The first kappa shape index (κ1) is 13.5. The van der Waals surface area contributed by atoms with Crippen molar-refractivity contribution in [1.82, 2.24) is 10.6 Å². The average molecular weight is 228 g/mol. The highest BCUT2D eigenvalue weighted by molar-refractivity contribution is 5.78. The van der Waals surface area contributed by atoms with Gasteiger partial charge in [-0.25, -0.2) is 0 Å². The van der Waals surface area contributed by atoms with Crippen LogP contribution in [-0.2, 0) is 4.79 Å². The summed E-state index contributed by atoms with van der Waals surface area (Å²) in [4.78, 5) is 11.8. The third-order valence-corrected chi connectivity index (χ3v) is 3.53. The van der Waals surface area contributed by atoms with Crippen LogP contribution in [0.2, 0.25) is 0 Å². The van der Waals surface area contributed by atoms with Crippen LogP contribution in [0.5, 0.6) is 0 Å². The van der Waals surface area contributed by atoms with Crippen LogP contribution in [0.25, 0.3) is 0 Å². The summed E-state index contributed by atoms with van der Waals surface area (Å²) in [6, 6.07) is 0. The highest BCUT2D eigenvalue weighted by Gasteiger charge is 2.29. The number of β-amino-alcohol motifs (C(OH)–C–C–N with tert-alkyl or cyclic N) is 1. The molecule has 4 heteroatoms. The number of carbonyl (C=O) groups is 1. The van der Waals surface area contributed by atoms with Crippen LogP contribution >= 0.6 is 0 Å². The van der Waals surface area contributed by atoms with Crippen molar-refractivity contribution in [2.24, 2.45) is 17.3 Å². The van der Waals surface area contributed by atoms with E-state index in [1.165, 1.54) is 0 Å². The lowest BCUT2D eigenvalue weighted by atomic mass is 9.81. The summed E-state index contributed by atoms with van der Waals surface area (Å²) in [7, 11) is 0. The summed E-state index contributed by atoms with van der Waals surface area (Å²) in [6.07, 6.45) is -0.328. The molecule has 4 nitrogen and oxygen atoms in total. The van der Waals surface area contributed by atoms with Crippen LogP contribution in [0.4, 0.5) is 0 Å². The van der Waals surface area contributed by atoms with Crippen molar-refractivity contribution in [3.8, 4) is 0 Å². The van der Waals surface area contributed by atoms with E-state index >= 15 is 0 Å². The lowest BCUT2D eigenvalue weighted by Gasteiger charge is -2.26. The molecule has 94 valence electrons. The molecule has 3 atom stereocenters. The van der Waals surface area contributed by atoms with Crippen molar-refractivity contribution in [1.29, 1.82) is 0 Å². The maximum atomic E-state index is 11.8. The monoisotopic (exact) mass is 228 g/mol. The van der Waals surface area contributed by atoms with E-state index in [1.807, 2.05) is 6.92 Å². The molecule has 0 aromatic rings. The summed E-state index contributed by atoms with van der Waals surface area (Å²) in [6.45, 7) is 10.1. The molecule has 0 saturated carbocycles. The second kappa shape index (κ2) is 5.15. The quantitative estimate of drug-likeness (QED) is 0.654. The van der Waals surface area contributed by atoms with E-state index in [2.05, 4.69) is 31.4 Å². The Kier molecular flexibility index (Phi) is 4.33. The van der Waals surface area contributed by atoms with Gasteiger partial charge < -0.3 is 15.7 Å². The van der Waals surface area contributed by atoms with Crippen LogP contribution < -0.4 is 10.6 Å². The average Bonchev–Trinajstić information content (AvgIpc) is 2.58. The predicted octanol–water partition coefficient (Wildman–Crippen LogP) is 0.365. The Balaban J connectivity index is 2.35. The molecule has 0 aromatic heterocycles. The van der Waals surface area contributed by atoms with E-state index in [-0.39, 0.29) is 29.3 Å². The van der Waals surface area contributed by atoms with E-state index in [0.717, 1.165) is 6.54 Å². The highest BCUT2D eigenvalue weighted by atomic mass is 16.3. The molecule has 1 amide bonds. The van der Waals surface area contributed by atoms with Gasteiger partial charge in [-0.1, -0.05) is 27.7 Å². The van der Waals surface area contributed by atoms with Crippen molar-refractivity contribution in [3.05, 3.63) is 0 Å². The number of hydrogen-bond acceptors (Lipinski definition) is 3. The maximum Gasteiger partial charge on any atom is 0.223 e. The van der Waals surface area contributed by atoms with E-state index in [4.69, 9.17) is 0 Å². The minimum Gasteiger partial charge on any atom is -0.391 e. The number of amides is 1. The van der Waals surface area contributed by atoms with Crippen molar-refractivity contribution in [2.45, 2.75) is 33.8 Å². The molecule has 3 N–H and O–H groups in total. The molecule has 1 aliphatic rings. The van der Waals surface area contributed by atoms with Gasteiger partial charge in [0, 0.05) is 31.5 Å². The number of aliphatic hydroxyl groups excluding tert-OH is 1. The molecule has 0 aliphatic carbocycles. The number of aliphatic hydroxyl groups is 1. The molecule has 0 spiro atoms. The molecule has 1 rings (SSSR count). The van der Waals surface area contributed by atoms with Gasteiger partial charge in [-0.3, -0.25) is 4.79 Å². The number of hydrogen-bond donors (Lipinski definition) is 3. The predicted molar refractivity (Wildman–Crippen MR) is 64.0 cm³/mol. The normalized spacial score (nSPS) is 27.8. The second-order valence-electron chi connectivity index (χ2n) is 5.82. The van der Waals surface area contributed by atoms with Gasteiger partial charge in [-0.2, -0.15) is 0 Å². The highest BCUT2D eigenvalue weighted by Crippen LogP contribution is 2.25. The molecule has 1 aliphatic heterocycles. The second-order valence-corrected chi connectivity index (χ2v) is 5.82. The Hall–Kier alpha value is -0.610. The standard InChI is InChI=1S/C12H24N2O2/c1-8(12(2,3)4)11(16)14-6-9-5-13-7-10(9)15/h8-10,13,15H,5-7H2,1-4H3,(H,14,16). The molecule has 1 fully saturated rings. The van der Waals surface area contributed by atoms with Gasteiger partial charge >= 0.3 is 0 Å². The van der Waals surface area contributed by atoms with Gasteiger partial charge in [-0.15, -0.1) is 0 Å². The fourth-order valence-electron chi connectivity index (χ4n) is 1.71. The fourth-order valence-corrected chi connectivity index (χ4v) is 1.71. The van der Waals surface area contributed by atoms with Crippen LogP contribution in [0.3, 0.4) is 0 Å². The minimum atomic E-state index is -0.328. The number of rotatable bonds is 3. The summed E-state index contributed by atoms with van der Waals surface area (Å²) < 4.78 is 0. The first-order valence-corrected chi connectivity index (χ1v) is 5.99. The van der Waals surface area contributed by atoms with Gasteiger partial charge in [0.2, 0.25) is 5.91 Å². The molecule has 1 saturated heterocycles. The summed E-state index contributed by atoms with van der Waals surface area (Å²) in [5.41, 5.74) is -0.0172. The maximum absolute atomic E-state index is 11.8. The van der Waals surface area contributed by atoms with Gasteiger partial charge in [-0.05, 0) is 5.41 Å². The number of nitrogens with one attached hydrogen (secondary N) is 2. The topological polar surface area (TPSA) is 61.4 Å². The molecule has 0 aromatic carbocycles. The summed E-state index contributed by atoms with van der Waals surface area (Å²) in [5, 5.41) is 15.6. The Labute approximate surface area is 97.8 Å². The van der Waals surface area contributed by atoms with Gasteiger partial charge in [0.1, 0.15) is 0 Å². The van der Waals surface area contributed by atoms with Crippen LogP contribution in [0.15, 0.2) is 0 Å². The van der Waals surface area contributed by atoms with E-state index in [9.17, 15) is 9.90 Å². The zero-order valence-corrected chi connectivity index (χ0v) is 10.7. The summed E-state index contributed by atoms with van der Waals surface area (Å²) >= 11 is 0. The molecule has 1 heterocycles. The first-order valence-electron chi connectivity index (χ1n) is 5.99. The molecule has 16 heavy (non-hydrogen) atoms. The minimum absolute atomic E-state index is 0.0148. The van der Waals surface area contributed by atoms with Gasteiger partial charge in [0.15, 0.2) is 0 Å². The Morgan fingerprint density at radius 3 is 2.56 bits per heavy atom. The lowest BCUT2D eigenvalue weighted by molar-refractivity contribution is -0.127. The third-order valence-electron chi connectivity index (χ3n) is 3.53. The zero-order valence-electron chi connectivity index (χ0n) is 10.7. The van der Waals surface area contributed by atoms with E-state index < -0.39 is 0 Å². The fraction of sp³-hybridized carbons (Fsp3) is 0.917. The molecule has 0 bridgehead atoms. The van der Waals surface area contributed by atoms with Crippen LogP contribution in [0.1, 0.15) is 27.7 Å². The molecular weight excluding hydrogens is 204 g/mol. The Morgan fingerprint density at radius 2 is 2.12 bits per heavy atom. The lowest BCUT2D eigenvalue weighted by Crippen LogP contribution is -2.40. The largest absolute Gasteiger partial charge is 0.391 e. The summed E-state index contributed by atoms with van der Waals surface area (Å²) in [5.74, 6) is 0.210. The zero-order chi connectivity index (χ0) is 12.3. The molecular formula is C12H24N2O2. The van der Waals surface area contributed by atoms with Crippen molar-refractivity contribution < 1.29 is 9.90 Å². The van der Waals surface area contributed by atoms with E-state index in [1.54, 1.807) is 0 Å². The molecule has 3 unspecified atom stereocenters. The smallest absolute Gasteiger partial charge is 0.223 e. The third kappa shape index (κ3) is 3.46. The Bertz CT molecular complexity index is 248. The van der Waals surface area contributed by atoms with Crippen molar-refractivity contribution >= 4 is 5.91 Å². The van der Waals surface area contributed by atoms with E-state index in [0.29, 0.717) is 13.1 Å². The number of carbonyl (C=O) groups excluding carboxylic acids is 1. The first-order chi connectivity index (χ1) is 7.32. The van der Waals surface area contributed by atoms with Crippen LogP contribution in [-0.4, -0.2) is 36.8 Å². The SMILES string of the molecule is CC(C(=O)NCC1CNCC1O)C(C)(C)C.